The van der Waals surface area contributed by atoms with E-state index >= 15 is 0 Å². The van der Waals surface area contributed by atoms with Crippen LogP contribution in [-0.4, -0.2) is 35.1 Å². The SMILES string of the molecule is CC1(C)CC(O)(C2CCOC3(CCCCC3)C2)CCO1. The fraction of sp³-hybridized carbons (Fsp3) is 1.00. The second kappa shape index (κ2) is 5.26. The molecule has 0 radical (unpaired) electrons. The summed E-state index contributed by atoms with van der Waals surface area (Å²) in [5.74, 6) is 0.387. The van der Waals surface area contributed by atoms with Crippen LogP contribution in [-0.2, 0) is 9.47 Å². The molecule has 2 unspecified atom stereocenters. The second-order valence-corrected chi connectivity index (χ2v) is 7.92. The molecule has 1 saturated carbocycles. The maximum Gasteiger partial charge on any atom is 0.0726 e. The van der Waals surface area contributed by atoms with E-state index in [1.54, 1.807) is 0 Å². The Morgan fingerprint density at radius 2 is 1.70 bits per heavy atom. The van der Waals surface area contributed by atoms with Gasteiger partial charge in [-0.2, -0.15) is 0 Å². The number of hydrogen-bond acceptors (Lipinski definition) is 3. The van der Waals surface area contributed by atoms with Gasteiger partial charge in [0.05, 0.1) is 23.4 Å². The zero-order valence-corrected chi connectivity index (χ0v) is 13.1. The monoisotopic (exact) mass is 282 g/mol. The molecule has 1 aliphatic carbocycles. The Morgan fingerprint density at radius 3 is 2.40 bits per heavy atom. The third-order valence-electron chi connectivity index (χ3n) is 5.78. The summed E-state index contributed by atoms with van der Waals surface area (Å²) in [4.78, 5) is 0. The Bertz CT molecular complexity index is 341. The molecule has 2 aliphatic heterocycles. The highest BCUT2D eigenvalue weighted by atomic mass is 16.5. The quantitative estimate of drug-likeness (QED) is 0.800. The lowest BCUT2D eigenvalue weighted by Gasteiger charge is -2.51. The molecule has 3 fully saturated rings. The Hall–Kier alpha value is -0.120. The first-order valence-corrected chi connectivity index (χ1v) is 8.44. The number of aliphatic hydroxyl groups is 1. The van der Waals surface area contributed by atoms with Gasteiger partial charge in [-0.15, -0.1) is 0 Å². The van der Waals surface area contributed by atoms with Crippen molar-refractivity contribution in [3.63, 3.8) is 0 Å². The highest BCUT2D eigenvalue weighted by molar-refractivity contribution is 5.00. The van der Waals surface area contributed by atoms with E-state index in [1.165, 1.54) is 32.1 Å². The molecule has 3 rings (SSSR count). The van der Waals surface area contributed by atoms with Crippen molar-refractivity contribution in [2.75, 3.05) is 13.2 Å². The highest BCUT2D eigenvalue weighted by Gasteiger charge is 2.49. The lowest BCUT2D eigenvalue weighted by atomic mass is 9.67. The van der Waals surface area contributed by atoms with Crippen LogP contribution in [0.3, 0.4) is 0 Å². The van der Waals surface area contributed by atoms with Crippen LogP contribution in [0.5, 0.6) is 0 Å². The van der Waals surface area contributed by atoms with E-state index in [1.807, 2.05) is 0 Å². The summed E-state index contributed by atoms with van der Waals surface area (Å²) in [6, 6.07) is 0. The van der Waals surface area contributed by atoms with Crippen molar-refractivity contribution in [2.24, 2.45) is 5.92 Å². The van der Waals surface area contributed by atoms with Crippen molar-refractivity contribution in [1.29, 1.82) is 0 Å². The topological polar surface area (TPSA) is 38.7 Å². The third-order valence-corrected chi connectivity index (χ3v) is 5.78. The minimum Gasteiger partial charge on any atom is -0.389 e. The summed E-state index contributed by atoms with van der Waals surface area (Å²) >= 11 is 0. The predicted octanol–water partition coefficient (Wildman–Crippen LogP) is 3.44. The molecular formula is C17H30O3. The normalized spacial score (nSPS) is 40.6. The van der Waals surface area contributed by atoms with E-state index in [9.17, 15) is 5.11 Å². The van der Waals surface area contributed by atoms with Crippen molar-refractivity contribution in [3.8, 4) is 0 Å². The van der Waals surface area contributed by atoms with Crippen LogP contribution >= 0.6 is 0 Å². The number of rotatable bonds is 1. The highest BCUT2D eigenvalue weighted by Crippen LogP contribution is 2.47. The molecule has 1 spiro atoms. The molecule has 0 amide bonds. The fourth-order valence-corrected chi connectivity index (χ4v) is 4.76. The molecule has 0 bridgehead atoms. The third kappa shape index (κ3) is 2.90. The first-order chi connectivity index (χ1) is 9.43. The molecule has 20 heavy (non-hydrogen) atoms. The van der Waals surface area contributed by atoms with Crippen LogP contribution in [0.4, 0.5) is 0 Å². The lowest BCUT2D eigenvalue weighted by Crippen LogP contribution is -2.54. The molecule has 2 saturated heterocycles. The average Bonchev–Trinajstić information content (AvgIpc) is 2.38. The summed E-state index contributed by atoms with van der Waals surface area (Å²) in [5.41, 5.74) is -0.652. The molecule has 2 atom stereocenters. The molecule has 116 valence electrons. The Morgan fingerprint density at radius 1 is 0.950 bits per heavy atom. The van der Waals surface area contributed by atoms with Gasteiger partial charge in [-0.05, 0) is 51.9 Å². The van der Waals surface area contributed by atoms with Gasteiger partial charge in [0.25, 0.3) is 0 Å². The van der Waals surface area contributed by atoms with Gasteiger partial charge in [-0.25, -0.2) is 0 Å². The van der Waals surface area contributed by atoms with Gasteiger partial charge >= 0.3 is 0 Å². The van der Waals surface area contributed by atoms with Crippen LogP contribution < -0.4 is 0 Å². The van der Waals surface area contributed by atoms with Crippen LogP contribution in [0.2, 0.25) is 0 Å². The van der Waals surface area contributed by atoms with Crippen LogP contribution in [0.25, 0.3) is 0 Å². The Balaban J connectivity index is 1.72. The van der Waals surface area contributed by atoms with Crippen LogP contribution in [0, 0.1) is 5.92 Å². The van der Waals surface area contributed by atoms with Gasteiger partial charge in [-0.1, -0.05) is 19.3 Å². The Labute approximate surface area is 123 Å². The molecule has 2 heterocycles. The minimum absolute atomic E-state index is 0.0827. The summed E-state index contributed by atoms with van der Waals surface area (Å²) < 4.78 is 12.0. The smallest absolute Gasteiger partial charge is 0.0726 e. The van der Waals surface area contributed by atoms with Crippen molar-refractivity contribution in [2.45, 2.75) is 88.4 Å². The lowest BCUT2D eigenvalue weighted by molar-refractivity contribution is -0.203. The van der Waals surface area contributed by atoms with E-state index in [4.69, 9.17) is 9.47 Å². The van der Waals surface area contributed by atoms with Crippen molar-refractivity contribution in [3.05, 3.63) is 0 Å². The van der Waals surface area contributed by atoms with Gasteiger partial charge in [0, 0.05) is 13.0 Å². The first kappa shape index (κ1) is 14.8. The van der Waals surface area contributed by atoms with Crippen molar-refractivity contribution < 1.29 is 14.6 Å². The van der Waals surface area contributed by atoms with Crippen LogP contribution in [0.15, 0.2) is 0 Å². The summed E-state index contributed by atoms with van der Waals surface area (Å²) in [7, 11) is 0. The zero-order valence-electron chi connectivity index (χ0n) is 13.1. The number of ether oxygens (including phenoxy) is 2. The fourth-order valence-electron chi connectivity index (χ4n) is 4.76. The van der Waals surface area contributed by atoms with Crippen molar-refractivity contribution in [1.82, 2.24) is 0 Å². The first-order valence-electron chi connectivity index (χ1n) is 8.44. The van der Waals surface area contributed by atoms with Gasteiger partial charge in [0.1, 0.15) is 0 Å². The predicted molar refractivity (Wildman–Crippen MR) is 78.7 cm³/mol. The van der Waals surface area contributed by atoms with E-state index in [0.717, 1.165) is 32.3 Å². The molecule has 3 nitrogen and oxygen atoms in total. The average molecular weight is 282 g/mol. The minimum atomic E-state index is -0.546. The zero-order chi connectivity index (χ0) is 14.3. The molecule has 0 aromatic rings. The standard InChI is InChI=1S/C17H30O3/c1-15(2)13-17(18,9-11-19-15)14-6-10-20-16(12-14)7-4-3-5-8-16/h14,18H,3-13H2,1-2H3. The maximum absolute atomic E-state index is 11.2. The summed E-state index contributed by atoms with van der Waals surface area (Å²) in [6.45, 7) is 5.72. The van der Waals surface area contributed by atoms with Crippen LogP contribution in [0.1, 0.15) is 71.6 Å². The van der Waals surface area contributed by atoms with E-state index in [0.29, 0.717) is 12.5 Å². The van der Waals surface area contributed by atoms with Crippen molar-refractivity contribution >= 4 is 0 Å². The van der Waals surface area contributed by atoms with E-state index in [2.05, 4.69) is 13.8 Å². The molecule has 3 heteroatoms. The summed E-state index contributed by atoms with van der Waals surface area (Å²) in [5, 5.41) is 11.2. The van der Waals surface area contributed by atoms with Gasteiger partial charge in [-0.3, -0.25) is 0 Å². The van der Waals surface area contributed by atoms with E-state index in [-0.39, 0.29) is 11.2 Å². The van der Waals surface area contributed by atoms with Gasteiger partial charge in [0.2, 0.25) is 0 Å². The van der Waals surface area contributed by atoms with Gasteiger partial charge < -0.3 is 14.6 Å². The number of hydrogen-bond donors (Lipinski definition) is 1. The largest absolute Gasteiger partial charge is 0.389 e. The van der Waals surface area contributed by atoms with Gasteiger partial charge in [0.15, 0.2) is 0 Å². The molecule has 1 N–H and O–H groups in total. The molecule has 0 aromatic carbocycles. The maximum atomic E-state index is 11.2. The molecule has 3 aliphatic rings. The summed E-state index contributed by atoms with van der Waals surface area (Å²) in [6.07, 6.45) is 9.94. The second-order valence-electron chi connectivity index (χ2n) is 7.92. The molecule has 0 aromatic heterocycles. The van der Waals surface area contributed by atoms with E-state index < -0.39 is 5.60 Å². The Kier molecular flexibility index (Phi) is 3.89. The molecular weight excluding hydrogens is 252 g/mol.